The summed E-state index contributed by atoms with van der Waals surface area (Å²) in [5.74, 6) is -0.0395. The Hall–Kier alpha value is -1.10. The molecular weight excluding hydrogens is 268 g/mol. The lowest BCUT2D eigenvalue weighted by atomic mass is 9.77. The number of hydrogen-bond donors (Lipinski definition) is 2. The second-order valence-corrected chi connectivity index (χ2v) is 6.52. The van der Waals surface area contributed by atoms with Gasteiger partial charge in [0.25, 0.3) is 0 Å². The first-order chi connectivity index (χ1) is 10.0. The highest BCUT2D eigenvalue weighted by atomic mass is 16.4. The third kappa shape index (κ3) is 3.96. The van der Waals surface area contributed by atoms with E-state index in [0.717, 1.165) is 18.8 Å². The molecule has 0 bridgehead atoms. The Morgan fingerprint density at radius 2 is 1.95 bits per heavy atom. The summed E-state index contributed by atoms with van der Waals surface area (Å²) in [7, 11) is 0. The number of fused-ring (bicyclic) bond motifs is 1. The molecule has 1 heterocycles. The van der Waals surface area contributed by atoms with Crippen LogP contribution in [-0.2, 0) is 9.59 Å². The first-order valence-corrected chi connectivity index (χ1v) is 8.31. The minimum Gasteiger partial charge on any atom is -0.481 e. The number of nitrogens with one attached hydrogen (secondary N) is 1. The van der Waals surface area contributed by atoms with E-state index in [1.54, 1.807) is 4.90 Å². The molecule has 1 saturated carbocycles. The van der Waals surface area contributed by atoms with Gasteiger partial charge in [-0.15, -0.1) is 0 Å². The van der Waals surface area contributed by atoms with Gasteiger partial charge >= 0.3 is 5.97 Å². The molecule has 5 nitrogen and oxygen atoms in total. The van der Waals surface area contributed by atoms with Crippen molar-refractivity contribution in [1.29, 1.82) is 0 Å². The van der Waals surface area contributed by atoms with Crippen molar-refractivity contribution in [2.45, 2.75) is 76.9 Å². The molecule has 5 heteroatoms. The van der Waals surface area contributed by atoms with Gasteiger partial charge in [0.2, 0.25) is 5.91 Å². The zero-order valence-corrected chi connectivity index (χ0v) is 13.2. The van der Waals surface area contributed by atoms with Crippen LogP contribution in [0.25, 0.3) is 0 Å². The first-order valence-electron chi connectivity index (χ1n) is 8.31. The van der Waals surface area contributed by atoms with Crippen LogP contribution in [0, 0.1) is 5.92 Å². The van der Waals surface area contributed by atoms with E-state index < -0.39 is 5.97 Å². The van der Waals surface area contributed by atoms with Crippen LogP contribution >= 0.6 is 0 Å². The maximum atomic E-state index is 12.7. The zero-order chi connectivity index (χ0) is 15.4. The average molecular weight is 296 g/mol. The average Bonchev–Trinajstić information content (AvgIpc) is 2.46. The summed E-state index contributed by atoms with van der Waals surface area (Å²) in [6.07, 6.45) is 7.05. The molecule has 2 fully saturated rings. The number of nitrogens with zero attached hydrogens (tertiary/aromatic N) is 1. The minimum absolute atomic E-state index is 0.0123. The van der Waals surface area contributed by atoms with E-state index in [4.69, 9.17) is 5.11 Å². The molecule has 2 rings (SSSR count). The van der Waals surface area contributed by atoms with E-state index in [1.165, 1.54) is 25.7 Å². The van der Waals surface area contributed by atoms with Crippen LogP contribution < -0.4 is 5.32 Å². The van der Waals surface area contributed by atoms with E-state index in [0.29, 0.717) is 12.6 Å². The third-order valence-corrected chi connectivity index (χ3v) is 5.07. The van der Waals surface area contributed by atoms with Crippen molar-refractivity contribution in [3.05, 3.63) is 0 Å². The van der Waals surface area contributed by atoms with Gasteiger partial charge in [0.05, 0.1) is 12.5 Å². The number of piperidine rings is 1. The van der Waals surface area contributed by atoms with Crippen molar-refractivity contribution < 1.29 is 14.7 Å². The minimum atomic E-state index is -0.849. The number of carbonyl (C=O) groups is 2. The van der Waals surface area contributed by atoms with Gasteiger partial charge in [0.15, 0.2) is 0 Å². The molecule has 120 valence electrons. The van der Waals surface area contributed by atoms with Crippen molar-refractivity contribution >= 4 is 11.9 Å². The Bertz CT molecular complexity index is 386. The largest absolute Gasteiger partial charge is 0.481 e. The highest BCUT2D eigenvalue weighted by Crippen LogP contribution is 2.32. The topological polar surface area (TPSA) is 69.6 Å². The molecule has 1 aliphatic carbocycles. The SMILES string of the molecule is CCN(C(=O)C1CCC2CCCCC2N1)C(C)CC(=O)O. The number of likely N-dealkylation sites (N-methyl/N-ethyl adjacent to an activating group) is 1. The predicted octanol–water partition coefficient (Wildman–Crippen LogP) is 2.01. The van der Waals surface area contributed by atoms with Crippen LogP contribution in [0.15, 0.2) is 0 Å². The van der Waals surface area contributed by atoms with E-state index in [-0.39, 0.29) is 24.4 Å². The standard InChI is InChI=1S/C16H28N2O3/c1-3-18(11(2)10-15(19)20)16(21)14-9-8-12-6-4-5-7-13(12)17-14/h11-14,17H,3-10H2,1-2H3,(H,19,20). The zero-order valence-electron chi connectivity index (χ0n) is 13.2. The molecule has 21 heavy (non-hydrogen) atoms. The number of aliphatic carboxylic acids is 1. The van der Waals surface area contributed by atoms with Crippen molar-refractivity contribution in [3.63, 3.8) is 0 Å². The monoisotopic (exact) mass is 296 g/mol. The van der Waals surface area contributed by atoms with E-state index in [9.17, 15) is 9.59 Å². The molecule has 4 atom stereocenters. The van der Waals surface area contributed by atoms with Gasteiger partial charge < -0.3 is 15.3 Å². The van der Waals surface area contributed by atoms with Crippen LogP contribution in [0.2, 0.25) is 0 Å². The Balaban J connectivity index is 1.96. The molecule has 1 saturated heterocycles. The highest BCUT2D eigenvalue weighted by molar-refractivity contribution is 5.83. The van der Waals surface area contributed by atoms with Crippen LogP contribution in [0.5, 0.6) is 0 Å². The Morgan fingerprint density at radius 1 is 1.24 bits per heavy atom. The van der Waals surface area contributed by atoms with Crippen LogP contribution in [-0.4, -0.2) is 46.6 Å². The molecule has 0 aromatic heterocycles. The van der Waals surface area contributed by atoms with Gasteiger partial charge in [0, 0.05) is 18.6 Å². The molecule has 2 aliphatic rings. The summed E-state index contributed by atoms with van der Waals surface area (Å²) in [5, 5.41) is 12.5. The van der Waals surface area contributed by atoms with Gasteiger partial charge in [-0.25, -0.2) is 0 Å². The summed E-state index contributed by atoms with van der Waals surface area (Å²) in [4.78, 5) is 25.3. The van der Waals surface area contributed by atoms with E-state index in [2.05, 4.69) is 5.32 Å². The molecule has 0 aromatic rings. The van der Waals surface area contributed by atoms with Crippen LogP contribution in [0.4, 0.5) is 0 Å². The summed E-state index contributed by atoms with van der Waals surface area (Å²) >= 11 is 0. The Labute approximate surface area is 127 Å². The molecule has 0 radical (unpaired) electrons. The van der Waals surface area contributed by atoms with E-state index in [1.807, 2.05) is 13.8 Å². The third-order valence-electron chi connectivity index (χ3n) is 5.07. The lowest BCUT2D eigenvalue weighted by Gasteiger charge is -2.42. The van der Waals surface area contributed by atoms with Gasteiger partial charge in [-0.3, -0.25) is 9.59 Å². The Kier molecular flexibility index (Phi) is 5.62. The summed E-state index contributed by atoms with van der Waals surface area (Å²) in [6, 6.07) is 0.112. The second-order valence-electron chi connectivity index (χ2n) is 6.52. The molecule has 2 N–H and O–H groups in total. The maximum absolute atomic E-state index is 12.7. The van der Waals surface area contributed by atoms with Gasteiger partial charge in [0.1, 0.15) is 0 Å². The van der Waals surface area contributed by atoms with Gasteiger partial charge in [-0.05, 0) is 45.4 Å². The normalized spacial score (nSPS) is 30.3. The summed E-state index contributed by atoms with van der Waals surface area (Å²) in [6.45, 7) is 4.31. The molecule has 0 spiro atoms. The first kappa shape index (κ1) is 16.3. The number of rotatable bonds is 5. The molecule has 4 unspecified atom stereocenters. The number of hydrogen-bond acceptors (Lipinski definition) is 3. The summed E-state index contributed by atoms with van der Waals surface area (Å²) < 4.78 is 0. The lowest BCUT2D eigenvalue weighted by Crippen LogP contribution is -2.57. The maximum Gasteiger partial charge on any atom is 0.305 e. The van der Waals surface area contributed by atoms with Crippen LogP contribution in [0.3, 0.4) is 0 Å². The fraction of sp³-hybridized carbons (Fsp3) is 0.875. The van der Waals surface area contributed by atoms with Gasteiger partial charge in [-0.2, -0.15) is 0 Å². The predicted molar refractivity (Wildman–Crippen MR) is 81.0 cm³/mol. The van der Waals surface area contributed by atoms with Gasteiger partial charge in [-0.1, -0.05) is 12.8 Å². The molecule has 1 amide bonds. The van der Waals surface area contributed by atoms with Crippen molar-refractivity contribution in [2.75, 3.05) is 6.54 Å². The second kappa shape index (κ2) is 7.25. The number of carboxylic acid groups (broad SMARTS) is 1. The van der Waals surface area contributed by atoms with Crippen molar-refractivity contribution in [2.24, 2.45) is 5.92 Å². The number of amides is 1. The lowest BCUT2D eigenvalue weighted by molar-refractivity contribution is -0.141. The molecule has 1 aliphatic heterocycles. The highest BCUT2D eigenvalue weighted by Gasteiger charge is 2.36. The molecule has 0 aromatic carbocycles. The summed E-state index contributed by atoms with van der Waals surface area (Å²) in [5.41, 5.74) is 0. The number of carbonyl (C=O) groups excluding carboxylic acids is 1. The smallest absolute Gasteiger partial charge is 0.305 e. The molecular formula is C16H28N2O3. The van der Waals surface area contributed by atoms with Crippen molar-refractivity contribution in [1.82, 2.24) is 10.2 Å². The fourth-order valence-electron chi connectivity index (χ4n) is 3.94. The quantitative estimate of drug-likeness (QED) is 0.814. The Morgan fingerprint density at radius 3 is 2.62 bits per heavy atom. The fourth-order valence-corrected chi connectivity index (χ4v) is 3.94. The van der Waals surface area contributed by atoms with Crippen molar-refractivity contribution in [3.8, 4) is 0 Å². The van der Waals surface area contributed by atoms with E-state index >= 15 is 0 Å². The number of carboxylic acids is 1. The van der Waals surface area contributed by atoms with Crippen LogP contribution in [0.1, 0.15) is 58.8 Å².